The van der Waals surface area contributed by atoms with E-state index in [2.05, 4.69) is 5.32 Å². The van der Waals surface area contributed by atoms with Gasteiger partial charge in [0.05, 0.1) is 0 Å². The van der Waals surface area contributed by atoms with E-state index in [0.717, 1.165) is 25.8 Å². The lowest BCUT2D eigenvalue weighted by Gasteiger charge is -2.23. The SMILES string of the molecule is O=C(CCC1CCCN1)N(Cc1ccccc1F)C1CC1. The zero-order valence-electron chi connectivity index (χ0n) is 12.4. The Morgan fingerprint density at radius 1 is 1.29 bits per heavy atom. The molecule has 4 heteroatoms. The van der Waals surface area contributed by atoms with Gasteiger partial charge < -0.3 is 10.2 Å². The van der Waals surface area contributed by atoms with Gasteiger partial charge in [-0.05, 0) is 44.7 Å². The molecular formula is C17H23FN2O. The van der Waals surface area contributed by atoms with E-state index in [4.69, 9.17) is 0 Å². The second-order valence-corrected chi connectivity index (χ2v) is 6.18. The third-order valence-corrected chi connectivity index (χ3v) is 4.48. The molecule has 1 amide bonds. The highest BCUT2D eigenvalue weighted by Gasteiger charge is 2.33. The minimum absolute atomic E-state index is 0.175. The van der Waals surface area contributed by atoms with Crippen LogP contribution in [0.1, 0.15) is 44.1 Å². The molecule has 1 heterocycles. The van der Waals surface area contributed by atoms with E-state index in [1.54, 1.807) is 12.1 Å². The van der Waals surface area contributed by atoms with Crippen LogP contribution in [0.2, 0.25) is 0 Å². The predicted molar refractivity (Wildman–Crippen MR) is 80.2 cm³/mol. The molecule has 1 saturated heterocycles. The van der Waals surface area contributed by atoms with E-state index in [1.165, 1.54) is 18.9 Å². The molecule has 1 atom stereocenters. The van der Waals surface area contributed by atoms with Gasteiger partial charge in [-0.15, -0.1) is 0 Å². The first kappa shape index (κ1) is 14.5. The van der Waals surface area contributed by atoms with Crippen LogP contribution in [-0.2, 0) is 11.3 Å². The number of carbonyl (C=O) groups excluding carboxylic acids is 1. The lowest BCUT2D eigenvalue weighted by atomic mass is 10.1. The average molecular weight is 290 g/mol. The van der Waals surface area contributed by atoms with Crippen LogP contribution >= 0.6 is 0 Å². The highest BCUT2D eigenvalue weighted by atomic mass is 19.1. The number of rotatable bonds is 6. The number of amides is 1. The molecule has 1 N–H and O–H groups in total. The molecule has 1 aromatic rings. The van der Waals surface area contributed by atoms with Crippen LogP contribution in [0.4, 0.5) is 4.39 Å². The molecule has 1 aliphatic heterocycles. The first-order valence-corrected chi connectivity index (χ1v) is 8.00. The van der Waals surface area contributed by atoms with Crippen LogP contribution in [0.15, 0.2) is 24.3 Å². The molecule has 0 radical (unpaired) electrons. The first-order chi connectivity index (χ1) is 10.2. The molecule has 1 saturated carbocycles. The van der Waals surface area contributed by atoms with Crippen molar-refractivity contribution in [3.8, 4) is 0 Å². The van der Waals surface area contributed by atoms with E-state index in [-0.39, 0.29) is 11.7 Å². The molecule has 21 heavy (non-hydrogen) atoms. The van der Waals surface area contributed by atoms with Crippen molar-refractivity contribution in [3.05, 3.63) is 35.6 Å². The summed E-state index contributed by atoms with van der Waals surface area (Å²) in [6.45, 7) is 1.48. The summed E-state index contributed by atoms with van der Waals surface area (Å²) in [7, 11) is 0. The number of hydrogen-bond acceptors (Lipinski definition) is 2. The van der Waals surface area contributed by atoms with Crippen LogP contribution in [-0.4, -0.2) is 29.4 Å². The van der Waals surface area contributed by atoms with E-state index in [0.29, 0.717) is 30.6 Å². The fourth-order valence-corrected chi connectivity index (χ4v) is 3.06. The molecule has 0 aromatic heterocycles. The zero-order chi connectivity index (χ0) is 14.7. The van der Waals surface area contributed by atoms with E-state index in [9.17, 15) is 9.18 Å². The van der Waals surface area contributed by atoms with Gasteiger partial charge in [-0.25, -0.2) is 4.39 Å². The summed E-state index contributed by atoms with van der Waals surface area (Å²) < 4.78 is 13.8. The Morgan fingerprint density at radius 2 is 2.10 bits per heavy atom. The Hall–Kier alpha value is -1.42. The summed E-state index contributed by atoms with van der Waals surface area (Å²) in [6.07, 6.45) is 5.97. The fraction of sp³-hybridized carbons (Fsp3) is 0.588. The van der Waals surface area contributed by atoms with Gasteiger partial charge in [-0.2, -0.15) is 0 Å². The highest BCUT2D eigenvalue weighted by Crippen LogP contribution is 2.30. The van der Waals surface area contributed by atoms with Crippen molar-refractivity contribution >= 4 is 5.91 Å². The Morgan fingerprint density at radius 3 is 2.76 bits per heavy atom. The third-order valence-electron chi connectivity index (χ3n) is 4.48. The fourth-order valence-electron chi connectivity index (χ4n) is 3.06. The lowest BCUT2D eigenvalue weighted by molar-refractivity contribution is -0.132. The van der Waals surface area contributed by atoms with Gasteiger partial charge in [-0.3, -0.25) is 4.79 Å². The summed E-state index contributed by atoms with van der Waals surface area (Å²) in [5.41, 5.74) is 0.622. The average Bonchev–Trinajstić information content (AvgIpc) is 3.19. The minimum Gasteiger partial charge on any atom is -0.335 e. The lowest BCUT2D eigenvalue weighted by Crippen LogP contribution is -2.34. The third kappa shape index (κ3) is 3.82. The molecule has 3 rings (SSSR count). The quantitative estimate of drug-likeness (QED) is 0.874. The Labute approximate surface area is 125 Å². The molecule has 0 spiro atoms. The van der Waals surface area contributed by atoms with Gasteiger partial charge in [-0.1, -0.05) is 18.2 Å². The van der Waals surface area contributed by atoms with Crippen molar-refractivity contribution in [2.75, 3.05) is 6.54 Å². The zero-order valence-corrected chi connectivity index (χ0v) is 12.4. The van der Waals surface area contributed by atoms with E-state index < -0.39 is 0 Å². The Kier molecular flexibility index (Phi) is 4.54. The standard InChI is InChI=1S/C17H23FN2O/c18-16-6-2-1-4-13(16)12-20(15-8-9-15)17(21)10-7-14-5-3-11-19-14/h1-2,4,6,14-15,19H,3,5,7-12H2. The van der Waals surface area contributed by atoms with Gasteiger partial charge >= 0.3 is 0 Å². The van der Waals surface area contributed by atoms with Gasteiger partial charge in [0.1, 0.15) is 5.82 Å². The van der Waals surface area contributed by atoms with Crippen LogP contribution < -0.4 is 5.32 Å². The molecule has 1 unspecified atom stereocenters. The van der Waals surface area contributed by atoms with Gasteiger partial charge in [0.2, 0.25) is 5.91 Å². The second kappa shape index (κ2) is 6.56. The minimum atomic E-state index is -0.214. The number of benzene rings is 1. The summed E-state index contributed by atoms with van der Waals surface area (Å²) in [4.78, 5) is 14.4. The number of halogens is 1. The number of hydrogen-bond donors (Lipinski definition) is 1. The monoisotopic (exact) mass is 290 g/mol. The van der Waals surface area contributed by atoms with Gasteiger partial charge in [0, 0.05) is 30.6 Å². The first-order valence-electron chi connectivity index (χ1n) is 8.00. The summed E-state index contributed by atoms with van der Waals surface area (Å²) in [5, 5.41) is 3.42. The molecule has 2 fully saturated rings. The number of nitrogens with zero attached hydrogens (tertiary/aromatic N) is 1. The van der Waals surface area contributed by atoms with Crippen molar-refractivity contribution in [1.82, 2.24) is 10.2 Å². The number of nitrogens with one attached hydrogen (secondary N) is 1. The maximum Gasteiger partial charge on any atom is 0.223 e. The number of carbonyl (C=O) groups is 1. The molecule has 1 aliphatic carbocycles. The van der Waals surface area contributed by atoms with Gasteiger partial charge in [0.15, 0.2) is 0 Å². The van der Waals surface area contributed by atoms with Crippen molar-refractivity contribution in [1.29, 1.82) is 0 Å². The van der Waals surface area contributed by atoms with Crippen LogP contribution in [0.5, 0.6) is 0 Å². The molecular weight excluding hydrogens is 267 g/mol. The summed E-state index contributed by atoms with van der Waals surface area (Å²) in [5.74, 6) is -0.0390. The normalized spacial score (nSPS) is 21.5. The predicted octanol–water partition coefficient (Wildman–Crippen LogP) is 2.85. The molecule has 0 bridgehead atoms. The van der Waals surface area contributed by atoms with Crippen LogP contribution in [0.3, 0.4) is 0 Å². The maximum atomic E-state index is 13.8. The largest absolute Gasteiger partial charge is 0.335 e. The highest BCUT2D eigenvalue weighted by molar-refractivity contribution is 5.77. The molecule has 114 valence electrons. The smallest absolute Gasteiger partial charge is 0.223 e. The van der Waals surface area contributed by atoms with Crippen molar-refractivity contribution < 1.29 is 9.18 Å². The topological polar surface area (TPSA) is 32.3 Å². The van der Waals surface area contributed by atoms with E-state index in [1.807, 2.05) is 11.0 Å². The van der Waals surface area contributed by atoms with E-state index >= 15 is 0 Å². The maximum absolute atomic E-state index is 13.8. The van der Waals surface area contributed by atoms with Crippen molar-refractivity contribution in [2.45, 2.75) is 57.2 Å². The molecule has 1 aromatic carbocycles. The summed E-state index contributed by atoms with van der Waals surface area (Å²) >= 11 is 0. The van der Waals surface area contributed by atoms with Crippen molar-refractivity contribution in [2.24, 2.45) is 0 Å². The Balaban J connectivity index is 1.58. The second-order valence-electron chi connectivity index (χ2n) is 6.18. The van der Waals surface area contributed by atoms with Crippen LogP contribution in [0, 0.1) is 5.82 Å². The van der Waals surface area contributed by atoms with Gasteiger partial charge in [0.25, 0.3) is 0 Å². The van der Waals surface area contributed by atoms with Crippen molar-refractivity contribution in [3.63, 3.8) is 0 Å². The molecule has 2 aliphatic rings. The van der Waals surface area contributed by atoms with Crippen LogP contribution in [0.25, 0.3) is 0 Å². The summed E-state index contributed by atoms with van der Waals surface area (Å²) in [6, 6.07) is 7.57. The molecule has 3 nitrogen and oxygen atoms in total. The Bertz CT molecular complexity index is 495.